The fourth-order valence-electron chi connectivity index (χ4n) is 2.61. The molecule has 1 aromatic rings. The Morgan fingerprint density at radius 3 is 2.58 bits per heavy atom. The first-order chi connectivity index (χ1) is 10.8. The highest BCUT2D eigenvalue weighted by atomic mass is 35.5. The van der Waals surface area contributed by atoms with E-state index in [-0.39, 0.29) is 42.3 Å². The molecule has 0 saturated carbocycles. The first-order valence-electron chi connectivity index (χ1n) is 7.80. The number of carbonyl (C=O) groups excluding carboxylic acids is 1. The monoisotopic (exact) mass is 376 g/mol. The van der Waals surface area contributed by atoms with Crippen molar-refractivity contribution in [3.05, 3.63) is 24.3 Å². The molecule has 0 aliphatic carbocycles. The number of carbonyl (C=O) groups is 1. The van der Waals surface area contributed by atoms with E-state index < -0.39 is 9.84 Å². The Hall–Kier alpha value is -1.31. The average molecular weight is 377 g/mol. The number of ether oxygens (including phenoxy) is 1. The number of nitrogens with one attached hydrogen (secondary N) is 2. The third kappa shape index (κ3) is 6.67. The van der Waals surface area contributed by atoms with Gasteiger partial charge in [-0.3, -0.25) is 4.79 Å². The Labute approximate surface area is 149 Å². The van der Waals surface area contributed by atoms with Gasteiger partial charge >= 0.3 is 0 Å². The van der Waals surface area contributed by atoms with Gasteiger partial charge in [0.05, 0.1) is 17.9 Å². The molecule has 1 saturated heterocycles. The normalized spacial score (nSPS) is 20.8. The highest BCUT2D eigenvalue weighted by Crippen LogP contribution is 2.16. The van der Waals surface area contributed by atoms with Gasteiger partial charge in [-0.05, 0) is 50.6 Å². The third-order valence-corrected chi connectivity index (χ3v) is 4.97. The van der Waals surface area contributed by atoms with Crippen LogP contribution in [0.3, 0.4) is 0 Å². The zero-order chi connectivity index (χ0) is 16.9. The van der Waals surface area contributed by atoms with Crippen molar-refractivity contribution in [2.75, 3.05) is 19.4 Å². The largest absolute Gasteiger partial charge is 0.493 e. The van der Waals surface area contributed by atoms with Crippen LogP contribution in [-0.2, 0) is 14.6 Å². The van der Waals surface area contributed by atoms with E-state index in [1.54, 1.807) is 12.1 Å². The molecule has 2 atom stereocenters. The summed E-state index contributed by atoms with van der Waals surface area (Å²) in [6.07, 6.45) is 3.34. The Morgan fingerprint density at radius 1 is 1.33 bits per heavy atom. The zero-order valence-corrected chi connectivity index (χ0v) is 15.6. The molecule has 0 spiro atoms. The number of amides is 1. The number of hydrogen-bond donors (Lipinski definition) is 2. The van der Waals surface area contributed by atoms with Gasteiger partial charge in [0.15, 0.2) is 9.84 Å². The predicted octanol–water partition coefficient (Wildman–Crippen LogP) is 1.54. The minimum Gasteiger partial charge on any atom is -0.493 e. The molecule has 2 unspecified atom stereocenters. The third-order valence-electron chi connectivity index (χ3n) is 3.84. The van der Waals surface area contributed by atoms with E-state index >= 15 is 0 Å². The summed E-state index contributed by atoms with van der Waals surface area (Å²) in [7, 11) is -3.20. The van der Waals surface area contributed by atoms with E-state index in [1.165, 1.54) is 12.1 Å². The smallest absolute Gasteiger partial charge is 0.223 e. The van der Waals surface area contributed by atoms with Crippen molar-refractivity contribution in [2.24, 2.45) is 0 Å². The summed E-state index contributed by atoms with van der Waals surface area (Å²) in [6, 6.07) is 6.86. The van der Waals surface area contributed by atoms with Crippen LogP contribution in [0.25, 0.3) is 0 Å². The summed E-state index contributed by atoms with van der Waals surface area (Å²) in [5, 5.41) is 6.37. The fraction of sp³-hybridized carbons (Fsp3) is 0.562. The van der Waals surface area contributed by atoms with Crippen molar-refractivity contribution in [2.45, 2.75) is 43.2 Å². The van der Waals surface area contributed by atoms with Crippen LogP contribution in [0.15, 0.2) is 29.2 Å². The molecule has 2 rings (SSSR count). The molecular weight excluding hydrogens is 352 g/mol. The summed E-state index contributed by atoms with van der Waals surface area (Å²) in [5.41, 5.74) is 0. The second-order valence-electron chi connectivity index (χ2n) is 5.99. The Morgan fingerprint density at radius 2 is 2.00 bits per heavy atom. The summed E-state index contributed by atoms with van der Waals surface area (Å²) >= 11 is 0. The second kappa shape index (κ2) is 9.25. The highest BCUT2D eigenvalue weighted by Gasteiger charge is 2.19. The zero-order valence-electron chi connectivity index (χ0n) is 13.9. The average Bonchev–Trinajstić information content (AvgIpc) is 2.47. The van der Waals surface area contributed by atoms with E-state index in [4.69, 9.17) is 4.74 Å². The molecule has 1 aliphatic heterocycles. The summed E-state index contributed by atoms with van der Waals surface area (Å²) in [6.45, 7) is 3.31. The predicted molar refractivity (Wildman–Crippen MR) is 95.5 cm³/mol. The van der Waals surface area contributed by atoms with Crippen molar-refractivity contribution in [3.8, 4) is 5.75 Å². The molecule has 0 bridgehead atoms. The maximum absolute atomic E-state index is 11.9. The molecule has 0 aromatic heterocycles. The number of halogens is 1. The molecule has 1 aromatic carbocycles. The van der Waals surface area contributed by atoms with Crippen molar-refractivity contribution in [1.29, 1.82) is 0 Å². The van der Waals surface area contributed by atoms with Crippen molar-refractivity contribution in [1.82, 2.24) is 10.6 Å². The fourth-order valence-corrected chi connectivity index (χ4v) is 3.24. The SMILES string of the molecule is CC1CC(NC(=O)CCOc2ccc(S(C)(=O)=O)cc2)CCN1.Cl. The molecule has 6 nitrogen and oxygen atoms in total. The maximum Gasteiger partial charge on any atom is 0.223 e. The van der Waals surface area contributed by atoms with Gasteiger partial charge in [0.2, 0.25) is 5.91 Å². The molecular formula is C16H25ClN2O4S. The molecule has 136 valence electrons. The molecule has 2 N–H and O–H groups in total. The summed E-state index contributed by atoms with van der Waals surface area (Å²) in [4.78, 5) is 12.2. The quantitative estimate of drug-likeness (QED) is 0.786. The van der Waals surface area contributed by atoms with Crippen LogP contribution in [-0.4, -0.2) is 45.8 Å². The van der Waals surface area contributed by atoms with Crippen molar-refractivity contribution < 1.29 is 17.9 Å². The van der Waals surface area contributed by atoms with Crippen LogP contribution in [0.2, 0.25) is 0 Å². The lowest BCUT2D eigenvalue weighted by Crippen LogP contribution is -2.46. The van der Waals surface area contributed by atoms with Gasteiger partial charge in [-0.1, -0.05) is 0 Å². The van der Waals surface area contributed by atoms with Gasteiger partial charge in [-0.25, -0.2) is 8.42 Å². The molecule has 1 aliphatic rings. The van der Waals surface area contributed by atoms with Crippen molar-refractivity contribution in [3.63, 3.8) is 0 Å². The number of rotatable bonds is 6. The van der Waals surface area contributed by atoms with Gasteiger partial charge in [0.25, 0.3) is 0 Å². The summed E-state index contributed by atoms with van der Waals surface area (Å²) < 4.78 is 28.2. The Balaban J connectivity index is 0.00000288. The van der Waals surface area contributed by atoms with Crippen molar-refractivity contribution >= 4 is 28.2 Å². The Bertz CT molecular complexity index is 634. The molecule has 1 heterocycles. The lowest BCUT2D eigenvalue weighted by Gasteiger charge is -2.28. The molecule has 24 heavy (non-hydrogen) atoms. The van der Waals surface area contributed by atoms with Gasteiger partial charge < -0.3 is 15.4 Å². The minimum atomic E-state index is -3.20. The standard InChI is InChI=1S/C16H24N2O4S.ClH/c1-12-11-13(7-9-17-12)18-16(19)8-10-22-14-3-5-15(6-4-14)23(2,20)21;/h3-6,12-13,17H,7-11H2,1-2H3,(H,18,19);1H. The molecule has 8 heteroatoms. The van der Waals surface area contributed by atoms with Crippen LogP contribution in [0, 0.1) is 0 Å². The number of piperidine rings is 1. The molecule has 0 radical (unpaired) electrons. The van der Waals surface area contributed by atoms with Gasteiger partial charge in [-0.2, -0.15) is 0 Å². The number of benzene rings is 1. The van der Waals surface area contributed by atoms with E-state index in [0.717, 1.165) is 25.6 Å². The van der Waals surface area contributed by atoms with Crippen LogP contribution in [0.5, 0.6) is 5.75 Å². The Kier molecular flexibility index (Phi) is 7.99. The van der Waals surface area contributed by atoms with Gasteiger partial charge in [-0.15, -0.1) is 12.4 Å². The van der Waals surface area contributed by atoms with E-state index in [9.17, 15) is 13.2 Å². The van der Waals surface area contributed by atoms with E-state index in [0.29, 0.717) is 11.8 Å². The summed E-state index contributed by atoms with van der Waals surface area (Å²) in [5.74, 6) is 0.539. The first-order valence-corrected chi connectivity index (χ1v) is 9.69. The second-order valence-corrected chi connectivity index (χ2v) is 8.00. The molecule has 1 fully saturated rings. The maximum atomic E-state index is 11.9. The van der Waals surface area contributed by atoms with Crippen LogP contribution in [0.4, 0.5) is 0 Å². The highest BCUT2D eigenvalue weighted by molar-refractivity contribution is 7.90. The minimum absolute atomic E-state index is 0. The lowest BCUT2D eigenvalue weighted by molar-refractivity contribution is -0.122. The van der Waals surface area contributed by atoms with Gasteiger partial charge in [0, 0.05) is 18.3 Å². The number of sulfone groups is 1. The topological polar surface area (TPSA) is 84.5 Å². The van der Waals surface area contributed by atoms with Crippen LogP contribution in [0.1, 0.15) is 26.2 Å². The number of hydrogen-bond acceptors (Lipinski definition) is 5. The van der Waals surface area contributed by atoms with Crippen LogP contribution < -0.4 is 15.4 Å². The molecule has 1 amide bonds. The van der Waals surface area contributed by atoms with E-state index in [1.807, 2.05) is 0 Å². The van der Waals surface area contributed by atoms with E-state index in [2.05, 4.69) is 17.6 Å². The van der Waals surface area contributed by atoms with Crippen LogP contribution >= 0.6 is 12.4 Å². The van der Waals surface area contributed by atoms with Gasteiger partial charge in [0.1, 0.15) is 5.75 Å². The lowest BCUT2D eigenvalue weighted by atomic mass is 10.0. The first kappa shape index (κ1) is 20.7.